The molecule has 1 atom stereocenters. The molecular formula is C19H20FNO3. The summed E-state index contributed by atoms with van der Waals surface area (Å²) in [5.41, 5.74) is 2.08. The standard InChI is InChI=1S/C19H20FNO3/c1-12-7-8-15(11-17(12)20)13(2)21-18(22)10-9-14-5-3-4-6-16(14)19(23)24/h3-8,11,13H,9-10H2,1-2H3,(H,21,22)(H,23,24). The zero-order valence-corrected chi connectivity index (χ0v) is 13.7. The van der Waals surface area contributed by atoms with Crippen LogP contribution in [0.4, 0.5) is 4.39 Å². The van der Waals surface area contributed by atoms with Crippen molar-refractivity contribution in [2.24, 2.45) is 0 Å². The molecule has 0 fully saturated rings. The van der Waals surface area contributed by atoms with Crippen molar-refractivity contribution >= 4 is 11.9 Å². The number of carbonyl (C=O) groups excluding carboxylic acids is 1. The molecule has 0 aliphatic carbocycles. The zero-order valence-electron chi connectivity index (χ0n) is 13.7. The maximum Gasteiger partial charge on any atom is 0.335 e. The number of carboxylic acids is 1. The van der Waals surface area contributed by atoms with E-state index in [-0.39, 0.29) is 29.8 Å². The van der Waals surface area contributed by atoms with Crippen LogP contribution in [0.5, 0.6) is 0 Å². The number of hydrogen-bond acceptors (Lipinski definition) is 2. The van der Waals surface area contributed by atoms with Crippen molar-refractivity contribution in [1.82, 2.24) is 5.32 Å². The predicted molar refractivity (Wildman–Crippen MR) is 89.4 cm³/mol. The lowest BCUT2D eigenvalue weighted by molar-refractivity contribution is -0.121. The van der Waals surface area contributed by atoms with Gasteiger partial charge in [-0.3, -0.25) is 4.79 Å². The SMILES string of the molecule is Cc1ccc(C(C)NC(=O)CCc2ccccc2C(=O)O)cc1F. The Kier molecular flexibility index (Phi) is 5.68. The largest absolute Gasteiger partial charge is 0.478 e. The number of aryl methyl sites for hydroxylation is 2. The minimum Gasteiger partial charge on any atom is -0.478 e. The van der Waals surface area contributed by atoms with Crippen LogP contribution in [0.25, 0.3) is 0 Å². The van der Waals surface area contributed by atoms with Crippen LogP contribution in [0, 0.1) is 12.7 Å². The van der Waals surface area contributed by atoms with Gasteiger partial charge in [-0.05, 0) is 49.1 Å². The van der Waals surface area contributed by atoms with Crippen LogP contribution in [-0.2, 0) is 11.2 Å². The second-order valence-corrected chi connectivity index (χ2v) is 5.76. The Labute approximate surface area is 140 Å². The lowest BCUT2D eigenvalue weighted by Crippen LogP contribution is -2.27. The van der Waals surface area contributed by atoms with E-state index >= 15 is 0 Å². The molecule has 0 saturated heterocycles. The summed E-state index contributed by atoms with van der Waals surface area (Å²) in [5.74, 6) is -1.51. The molecule has 0 aliphatic rings. The molecule has 0 spiro atoms. The van der Waals surface area contributed by atoms with Crippen molar-refractivity contribution in [2.75, 3.05) is 0 Å². The van der Waals surface area contributed by atoms with Crippen LogP contribution in [0.15, 0.2) is 42.5 Å². The second-order valence-electron chi connectivity index (χ2n) is 5.76. The van der Waals surface area contributed by atoms with Crippen molar-refractivity contribution in [3.05, 3.63) is 70.5 Å². The summed E-state index contributed by atoms with van der Waals surface area (Å²) < 4.78 is 13.6. The molecule has 4 nitrogen and oxygen atoms in total. The van der Waals surface area contributed by atoms with E-state index < -0.39 is 5.97 Å². The van der Waals surface area contributed by atoms with Crippen LogP contribution < -0.4 is 5.32 Å². The van der Waals surface area contributed by atoms with Gasteiger partial charge in [0.1, 0.15) is 5.82 Å². The van der Waals surface area contributed by atoms with E-state index in [1.54, 1.807) is 44.2 Å². The lowest BCUT2D eigenvalue weighted by Gasteiger charge is -2.15. The van der Waals surface area contributed by atoms with Gasteiger partial charge in [0, 0.05) is 6.42 Å². The van der Waals surface area contributed by atoms with Gasteiger partial charge in [-0.25, -0.2) is 9.18 Å². The summed E-state index contributed by atoms with van der Waals surface area (Å²) in [4.78, 5) is 23.2. The van der Waals surface area contributed by atoms with E-state index in [9.17, 15) is 14.0 Å². The molecular weight excluding hydrogens is 309 g/mol. The maximum absolute atomic E-state index is 13.6. The molecule has 2 rings (SSSR count). The van der Waals surface area contributed by atoms with Gasteiger partial charge >= 0.3 is 5.97 Å². The quantitative estimate of drug-likeness (QED) is 0.850. The zero-order chi connectivity index (χ0) is 17.7. The number of carbonyl (C=O) groups is 2. The Bertz CT molecular complexity index is 758. The molecule has 126 valence electrons. The third-order valence-electron chi connectivity index (χ3n) is 3.94. The van der Waals surface area contributed by atoms with E-state index in [1.165, 1.54) is 12.1 Å². The van der Waals surface area contributed by atoms with E-state index in [0.29, 0.717) is 23.1 Å². The molecule has 0 heterocycles. The summed E-state index contributed by atoms with van der Waals surface area (Å²) in [5, 5.41) is 11.9. The van der Waals surface area contributed by atoms with Gasteiger partial charge in [0.05, 0.1) is 11.6 Å². The Morgan fingerprint density at radius 2 is 1.92 bits per heavy atom. The summed E-state index contributed by atoms with van der Waals surface area (Å²) in [6.07, 6.45) is 0.506. The van der Waals surface area contributed by atoms with Gasteiger partial charge < -0.3 is 10.4 Å². The van der Waals surface area contributed by atoms with Crippen LogP contribution in [0.3, 0.4) is 0 Å². The topological polar surface area (TPSA) is 66.4 Å². The molecule has 1 unspecified atom stereocenters. The summed E-state index contributed by atoms with van der Waals surface area (Å²) in [6.45, 7) is 3.47. The number of hydrogen-bond donors (Lipinski definition) is 2. The monoisotopic (exact) mass is 329 g/mol. The lowest BCUT2D eigenvalue weighted by atomic mass is 10.0. The first-order valence-corrected chi connectivity index (χ1v) is 7.75. The van der Waals surface area contributed by atoms with Gasteiger partial charge in [0.25, 0.3) is 0 Å². The van der Waals surface area contributed by atoms with Gasteiger partial charge in [-0.2, -0.15) is 0 Å². The predicted octanol–water partition coefficient (Wildman–Crippen LogP) is 3.64. The second kappa shape index (κ2) is 7.73. The highest BCUT2D eigenvalue weighted by Gasteiger charge is 2.13. The molecule has 2 N–H and O–H groups in total. The van der Waals surface area contributed by atoms with E-state index in [2.05, 4.69) is 5.32 Å². The fraction of sp³-hybridized carbons (Fsp3) is 0.263. The first kappa shape index (κ1) is 17.7. The normalized spacial score (nSPS) is 11.8. The van der Waals surface area contributed by atoms with Crippen molar-refractivity contribution in [1.29, 1.82) is 0 Å². The number of amides is 1. The highest BCUT2D eigenvalue weighted by molar-refractivity contribution is 5.89. The molecule has 0 radical (unpaired) electrons. The van der Waals surface area contributed by atoms with Crippen LogP contribution in [0.2, 0.25) is 0 Å². The maximum atomic E-state index is 13.6. The minimum atomic E-state index is -1.01. The molecule has 0 bridgehead atoms. The summed E-state index contributed by atoms with van der Waals surface area (Å²) in [7, 11) is 0. The summed E-state index contributed by atoms with van der Waals surface area (Å²) in [6, 6.07) is 11.2. The number of benzene rings is 2. The third-order valence-corrected chi connectivity index (χ3v) is 3.94. The Morgan fingerprint density at radius 1 is 1.21 bits per heavy atom. The van der Waals surface area contributed by atoms with Gasteiger partial charge in [0.15, 0.2) is 0 Å². The molecule has 0 saturated carbocycles. The Balaban J connectivity index is 1.96. The highest BCUT2D eigenvalue weighted by atomic mass is 19.1. The van der Waals surface area contributed by atoms with E-state index in [4.69, 9.17) is 5.11 Å². The third kappa shape index (κ3) is 4.41. The Hall–Kier alpha value is -2.69. The molecule has 2 aromatic carbocycles. The minimum absolute atomic E-state index is 0.170. The number of nitrogens with one attached hydrogen (secondary N) is 1. The molecule has 5 heteroatoms. The average molecular weight is 329 g/mol. The number of aromatic carboxylic acids is 1. The molecule has 0 aromatic heterocycles. The molecule has 1 amide bonds. The van der Waals surface area contributed by atoms with Crippen LogP contribution in [0.1, 0.15) is 46.4 Å². The number of rotatable bonds is 6. The fourth-order valence-corrected chi connectivity index (χ4v) is 2.47. The summed E-state index contributed by atoms with van der Waals surface area (Å²) >= 11 is 0. The van der Waals surface area contributed by atoms with Crippen LogP contribution in [-0.4, -0.2) is 17.0 Å². The smallest absolute Gasteiger partial charge is 0.335 e. The van der Waals surface area contributed by atoms with Crippen molar-refractivity contribution in [3.8, 4) is 0 Å². The van der Waals surface area contributed by atoms with Crippen molar-refractivity contribution < 1.29 is 19.1 Å². The Morgan fingerprint density at radius 3 is 2.58 bits per heavy atom. The molecule has 2 aromatic rings. The van der Waals surface area contributed by atoms with Gasteiger partial charge in [-0.15, -0.1) is 0 Å². The van der Waals surface area contributed by atoms with Crippen LogP contribution >= 0.6 is 0 Å². The average Bonchev–Trinajstić information content (AvgIpc) is 2.55. The number of carboxylic acid groups (broad SMARTS) is 1. The van der Waals surface area contributed by atoms with Crippen molar-refractivity contribution in [2.45, 2.75) is 32.7 Å². The highest BCUT2D eigenvalue weighted by Crippen LogP contribution is 2.17. The first-order valence-electron chi connectivity index (χ1n) is 7.75. The van der Waals surface area contributed by atoms with Gasteiger partial charge in [0.2, 0.25) is 5.91 Å². The first-order chi connectivity index (χ1) is 11.4. The fourth-order valence-electron chi connectivity index (χ4n) is 2.47. The number of halogens is 1. The van der Waals surface area contributed by atoms with Crippen molar-refractivity contribution in [3.63, 3.8) is 0 Å². The van der Waals surface area contributed by atoms with Gasteiger partial charge in [-0.1, -0.05) is 30.3 Å². The molecule has 24 heavy (non-hydrogen) atoms. The van der Waals surface area contributed by atoms with E-state index in [1.807, 2.05) is 0 Å². The van der Waals surface area contributed by atoms with E-state index in [0.717, 1.165) is 0 Å². The molecule has 0 aliphatic heterocycles.